The van der Waals surface area contributed by atoms with E-state index in [1.165, 1.54) is 0 Å². The predicted octanol–water partition coefficient (Wildman–Crippen LogP) is 2.92. The van der Waals surface area contributed by atoms with Gasteiger partial charge in [0, 0.05) is 5.41 Å². The molecule has 1 aliphatic heterocycles. The Bertz CT molecular complexity index is 293. The summed E-state index contributed by atoms with van der Waals surface area (Å²) in [6, 6.07) is -2.23. The van der Waals surface area contributed by atoms with E-state index >= 15 is 0 Å². The molecule has 3 atom stereocenters. The Hall–Kier alpha value is -0.580. The van der Waals surface area contributed by atoms with Crippen LogP contribution in [0.3, 0.4) is 0 Å². The molecule has 2 nitrogen and oxygen atoms in total. The first kappa shape index (κ1) is 14.5. The van der Waals surface area contributed by atoms with Crippen LogP contribution in [0, 0.1) is 11.3 Å². The smallest absolute Gasteiger partial charge is 0.297 e. The zero-order valence-corrected chi connectivity index (χ0v) is 10.7. The van der Waals surface area contributed by atoms with Gasteiger partial charge >= 0.3 is 6.18 Å². The number of carbonyl (C=O) groups is 1. The number of ketones is 1. The van der Waals surface area contributed by atoms with Gasteiger partial charge in [-0.05, 0) is 18.8 Å². The molecule has 1 fully saturated rings. The number of hydrogen-bond donors (Lipinski definition) is 1. The molecule has 5 heteroatoms. The van der Waals surface area contributed by atoms with E-state index in [1.54, 1.807) is 20.8 Å². The molecule has 0 aromatic carbocycles. The highest BCUT2D eigenvalue weighted by Gasteiger charge is 2.46. The van der Waals surface area contributed by atoms with Crippen LogP contribution < -0.4 is 5.32 Å². The van der Waals surface area contributed by atoms with Crippen LogP contribution in [0.4, 0.5) is 13.2 Å². The molecule has 3 unspecified atom stereocenters. The van der Waals surface area contributed by atoms with Gasteiger partial charge in [0.05, 0.1) is 6.04 Å². The Morgan fingerprint density at radius 3 is 2.12 bits per heavy atom. The number of piperidine rings is 1. The molecular formula is C12H20F3NO. The molecule has 0 radical (unpaired) electrons. The molecule has 0 aromatic rings. The minimum Gasteiger partial charge on any atom is -0.297 e. The van der Waals surface area contributed by atoms with Crippen LogP contribution in [-0.2, 0) is 4.79 Å². The SMILES string of the molecule is CC1CCC(C(F)(F)F)NC1C(=O)C(C)(C)C. The Balaban J connectivity index is 2.81. The van der Waals surface area contributed by atoms with Gasteiger partial charge in [-0.3, -0.25) is 10.1 Å². The van der Waals surface area contributed by atoms with Gasteiger partial charge in [-0.2, -0.15) is 13.2 Å². The molecule has 0 aromatic heterocycles. The van der Waals surface area contributed by atoms with Gasteiger partial charge in [-0.1, -0.05) is 27.7 Å². The highest BCUT2D eigenvalue weighted by atomic mass is 19.4. The van der Waals surface area contributed by atoms with Crippen LogP contribution in [0.5, 0.6) is 0 Å². The summed E-state index contributed by atoms with van der Waals surface area (Å²) in [7, 11) is 0. The van der Waals surface area contributed by atoms with Crippen molar-refractivity contribution in [2.24, 2.45) is 11.3 Å². The molecule has 1 heterocycles. The van der Waals surface area contributed by atoms with Gasteiger partial charge in [0.2, 0.25) is 0 Å². The summed E-state index contributed by atoms with van der Waals surface area (Å²) in [6.45, 7) is 7.04. The zero-order chi connectivity index (χ0) is 13.4. The van der Waals surface area contributed by atoms with Crippen LogP contribution >= 0.6 is 0 Å². The molecule has 0 aliphatic carbocycles. The lowest BCUT2D eigenvalue weighted by molar-refractivity contribution is -0.167. The van der Waals surface area contributed by atoms with Gasteiger partial charge in [-0.25, -0.2) is 0 Å². The van der Waals surface area contributed by atoms with Crippen molar-refractivity contribution in [2.45, 2.75) is 58.8 Å². The van der Waals surface area contributed by atoms with Crippen molar-refractivity contribution in [2.75, 3.05) is 0 Å². The molecule has 0 spiro atoms. The van der Waals surface area contributed by atoms with E-state index in [1.807, 2.05) is 6.92 Å². The third-order valence-corrected chi connectivity index (χ3v) is 3.28. The number of hydrogen-bond acceptors (Lipinski definition) is 2. The second-order valence-corrected chi connectivity index (χ2v) is 5.91. The maximum absolute atomic E-state index is 12.6. The standard InChI is InChI=1S/C12H20F3NO/c1-7-5-6-8(12(13,14)15)16-9(7)10(17)11(2,3)4/h7-9,16H,5-6H2,1-4H3. The maximum atomic E-state index is 12.6. The van der Waals surface area contributed by atoms with Gasteiger partial charge in [-0.15, -0.1) is 0 Å². The summed E-state index contributed by atoms with van der Waals surface area (Å²) in [6.07, 6.45) is -3.78. The molecule has 1 rings (SSSR count). The summed E-state index contributed by atoms with van der Waals surface area (Å²) >= 11 is 0. The number of nitrogens with one attached hydrogen (secondary N) is 1. The van der Waals surface area contributed by atoms with Crippen LogP contribution in [-0.4, -0.2) is 24.0 Å². The number of rotatable bonds is 1. The van der Waals surface area contributed by atoms with E-state index in [4.69, 9.17) is 0 Å². The topological polar surface area (TPSA) is 29.1 Å². The molecule has 0 amide bonds. The average molecular weight is 251 g/mol. The molecule has 0 saturated carbocycles. The minimum atomic E-state index is -4.27. The van der Waals surface area contributed by atoms with Crippen LogP contribution in [0.1, 0.15) is 40.5 Å². The van der Waals surface area contributed by atoms with Crippen molar-refractivity contribution in [1.82, 2.24) is 5.32 Å². The monoisotopic (exact) mass is 251 g/mol. The molecule has 1 aliphatic rings. The Morgan fingerprint density at radius 1 is 1.18 bits per heavy atom. The lowest BCUT2D eigenvalue weighted by Gasteiger charge is -2.38. The first-order valence-corrected chi connectivity index (χ1v) is 5.90. The second-order valence-electron chi connectivity index (χ2n) is 5.91. The fraction of sp³-hybridized carbons (Fsp3) is 0.917. The van der Waals surface area contributed by atoms with Gasteiger partial charge < -0.3 is 0 Å². The van der Waals surface area contributed by atoms with E-state index in [9.17, 15) is 18.0 Å². The lowest BCUT2D eigenvalue weighted by atomic mass is 9.78. The number of carbonyl (C=O) groups excluding carboxylic acids is 1. The van der Waals surface area contributed by atoms with Gasteiger partial charge in [0.1, 0.15) is 6.04 Å². The van der Waals surface area contributed by atoms with Crippen molar-refractivity contribution >= 4 is 5.78 Å². The Morgan fingerprint density at radius 2 is 1.71 bits per heavy atom. The first-order chi connectivity index (χ1) is 7.53. The van der Waals surface area contributed by atoms with E-state index in [0.29, 0.717) is 6.42 Å². The highest BCUT2D eigenvalue weighted by Crippen LogP contribution is 2.32. The van der Waals surface area contributed by atoms with Crippen molar-refractivity contribution in [1.29, 1.82) is 0 Å². The fourth-order valence-electron chi connectivity index (χ4n) is 2.12. The molecule has 0 bridgehead atoms. The normalized spacial score (nSPS) is 31.4. The third-order valence-electron chi connectivity index (χ3n) is 3.28. The largest absolute Gasteiger partial charge is 0.403 e. The van der Waals surface area contributed by atoms with Crippen molar-refractivity contribution in [3.63, 3.8) is 0 Å². The maximum Gasteiger partial charge on any atom is 0.403 e. The van der Waals surface area contributed by atoms with Gasteiger partial charge in [0.25, 0.3) is 0 Å². The molecule has 100 valence electrons. The number of Topliss-reactive ketones (excluding diaryl/α,β-unsaturated/α-hetero) is 1. The van der Waals surface area contributed by atoms with E-state index in [0.717, 1.165) is 0 Å². The lowest BCUT2D eigenvalue weighted by Crippen LogP contribution is -2.58. The van der Waals surface area contributed by atoms with E-state index < -0.39 is 23.7 Å². The zero-order valence-electron chi connectivity index (χ0n) is 10.7. The molecule has 1 saturated heterocycles. The highest BCUT2D eigenvalue weighted by molar-refractivity contribution is 5.89. The first-order valence-electron chi connectivity index (χ1n) is 5.90. The Labute approximate surface area is 100.0 Å². The van der Waals surface area contributed by atoms with Crippen LogP contribution in [0.15, 0.2) is 0 Å². The summed E-state index contributed by atoms with van der Waals surface area (Å²) in [5.41, 5.74) is -0.612. The summed E-state index contributed by atoms with van der Waals surface area (Å²) in [4.78, 5) is 12.1. The predicted molar refractivity (Wildman–Crippen MR) is 59.6 cm³/mol. The molecule has 1 N–H and O–H groups in total. The second kappa shape index (κ2) is 4.59. The number of halogens is 3. The Kier molecular flexibility index (Phi) is 3.91. The van der Waals surface area contributed by atoms with E-state index in [2.05, 4.69) is 5.32 Å². The average Bonchev–Trinajstić information content (AvgIpc) is 2.14. The quantitative estimate of drug-likeness (QED) is 0.776. The number of alkyl halides is 3. The van der Waals surface area contributed by atoms with E-state index in [-0.39, 0.29) is 18.1 Å². The summed E-state index contributed by atoms with van der Waals surface area (Å²) < 4.78 is 37.9. The molecular weight excluding hydrogens is 231 g/mol. The van der Waals surface area contributed by atoms with Crippen LogP contribution in [0.2, 0.25) is 0 Å². The third kappa shape index (κ3) is 3.44. The van der Waals surface area contributed by atoms with Gasteiger partial charge in [0.15, 0.2) is 5.78 Å². The summed E-state index contributed by atoms with van der Waals surface area (Å²) in [5.74, 6) is -0.181. The fourth-order valence-corrected chi connectivity index (χ4v) is 2.12. The van der Waals surface area contributed by atoms with Crippen LogP contribution in [0.25, 0.3) is 0 Å². The van der Waals surface area contributed by atoms with Crippen molar-refractivity contribution in [3.8, 4) is 0 Å². The minimum absolute atomic E-state index is 0.0414. The van der Waals surface area contributed by atoms with Crippen molar-refractivity contribution in [3.05, 3.63) is 0 Å². The van der Waals surface area contributed by atoms with Crippen molar-refractivity contribution < 1.29 is 18.0 Å². The molecule has 17 heavy (non-hydrogen) atoms. The summed E-state index contributed by atoms with van der Waals surface area (Å²) in [5, 5.41) is 2.47.